The van der Waals surface area contributed by atoms with Crippen LogP contribution < -0.4 is 11.1 Å². The number of Topliss-reactive ketones (excluding diaryl/α,β-unsaturated/α-hetero) is 3. The fourth-order valence-corrected chi connectivity index (χ4v) is 6.84. The molecule has 45 heavy (non-hydrogen) atoms. The van der Waals surface area contributed by atoms with Gasteiger partial charge in [0.05, 0.1) is 12.1 Å². The SMILES string of the molecule is CN(C)C(=O)[C@@H](NC(=O)CCC(=O)C(=O)C(CC(=O)C1[C@@H]2C(CN1C(=O)C(N)C(C)(C)C)C2(C)C)CC1CC1)c1ccccc1. The molecule has 0 spiro atoms. The number of hydrogen-bond acceptors (Lipinski definition) is 7. The molecule has 0 radical (unpaired) electrons. The molecule has 2 aliphatic carbocycles. The van der Waals surface area contributed by atoms with Gasteiger partial charge >= 0.3 is 0 Å². The average molecular weight is 623 g/mol. The molecule has 1 aromatic rings. The highest BCUT2D eigenvalue weighted by Gasteiger charge is 2.69. The highest BCUT2D eigenvalue weighted by molar-refractivity contribution is 6.38. The lowest BCUT2D eigenvalue weighted by Gasteiger charge is -2.36. The van der Waals surface area contributed by atoms with Crippen molar-refractivity contribution < 1.29 is 28.8 Å². The molecule has 4 rings (SSSR count). The van der Waals surface area contributed by atoms with E-state index in [1.54, 1.807) is 43.3 Å². The molecule has 1 heterocycles. The number of nitrogens with zero attached hydrogens (tertiary/aromatic N) is 2. The van der Waals surface area contributed by atoms with Gasteiger partial charge in [0.15, 0.2) is 11.6 Å². The van der Waals surface area contributed by atoms with E-state index in [1.807, 2.05) is 26.8 Å². The predicted molar refractivity (Wildman–Crippen MR) is 169 cm³/mol. The Bertz CT molecular complexity index is 1330. The number of likely N-dealkylation sites (N-methyl/N-ethyl adjacent to an activating group) is 1. The first-order chi connectivity index (χ1) is 20.9. The van der Waals surface area contributed by atoms with E-state index in [-0.39, 0.29) is 60.0 Å². The van der Waals surface area contributed by atoms with Crippen LogP contribution in [0.2, 0.25) is 0 Å². The molecule has 3 fully saturated rings. The number of carbonyl (C=O) groups is 6. The number of benzene rings is 1. The second-order valence-corrected chi connectivity index (χ2v) is 15.2. The van der Waals surface area contributed by atoms with E-state index < -0.39 is 46.9 Å². The molecule has 1 aliphatic heterocycles. The number of nitrogens with two attached hydrogens (primary N) is 1. The number of nitrogens with one attached hydrogen (secondary N) is 1. The van der Waals surface area contributed by atoms with Crippen molar-refractivity contribution in [3.63, 3.8) is 0 Å². The lowest BCUT2D eigenvalue weighted by atomic mass is 9.84. The molecule has 2 saturated carbocycles. The van der Waals surface area contributed by atoms with Crippen LogP contribution in [0.5, 0.6) is 0 Å². The summed E-state index contributed by atoms with van der Waals surface area (Å²) in [7, 11) is 3.19. The van der Waals surface area contributed by atoms with E-state index >= 15 is 0 Å². The van der Waals surface area contributed by atoms with Crippen LogP contribution >= 0.6 is 0 Å². The van der Waals surface area contributed by atoms with Gasteiger partial charge in [-0.3, -0.25) is 28.8 Å². The van der Waals surface area contributed by atoms with Crippen molar-refractivity contribution in [1.29, 1.82) is 0 Å². The van der Waals surface area contributed by atoms with Gasteiger partial charge in [-0.1, -0.05) is 77.8 Å². The number of carbonyl (C=O) groups excluding carboxylic acids is 6. The summed E-state index contributed by atoms with van der Waals surface area (Å²) in [4.78, 5) is 82.7. The highest BCUT2D eigenvalue weighted by Crippen LogP contribution is 2.65. The summed E-state index contributed by atoms with van der Waals surface area (Å²) in [5.74, 6) is -2.93. The molecule has 3 amide bonds. The predicted octanol–water partition coefficient (Wildman–Crippen LogP) is 3.08. The third kappa shape index (κ3) is 7.71. The van der Waals surface area contributed by atoms with Crippen molar-refractivity contribution in [1.82, 2.24) is 15.1 Å². The van der Waals surface area contributed by atoms with Crippen molar-refractivity contribution in [2.45, 2.75) is 91.3 Å². The molecular formula is C35H50N4O6. The van der Waals surface area contributed by atoms with E-state index in [1.165, 1.54) is 4.90 Å². The quantitative estimate of drug-likeness (QED) is 0.303. The van der Waals surface area contributed by atoms with Crippen molar-refractivity contribution in [2.75, 3.05) is 20.6 Å². The Balaban J connectivity index is 1.42. The molecule has 3 aliphatic rings. The topological polar surface area (TPSA) is 147 Å². The Labute approximate surface area is 266 Å². The maximum absolute atomic E-state index is 13.9. The average Bonchev–Trinajstić information content (AvgIpc) is 3.84. The first-order valence-electron chi connectivity index (χ1n) is 16.2. The summed E-state index contributed by atoms with van der Waals surface area (Å²) in [5.41, 5.74) is 6.37. The number of ketones is 3. The normalized spacial score (nSPS) is 23.7. The molecule has 0 aromatic heterocycles. The van der Waals surface area contributed by atoms with Crippen molar-refractivity contribution in [2.24, 2.45) is 40.2 Å². The van der Waals surface area contributed by atoms with Crippen LogP contribution in [0.15, 0.2) is 30.3 Å². The Morgan fingerprint density at radius 3 is 2.20 bits per heavy atom. The molecule has 1 saturated heterocycles. The molecule has 4 unspecified atom stereocenters. The summed E-state index contributed by atoms with van der Waals surface area (Å²) in [5, 5.41) is 2.71. The van der Waals surface area contributed by atoms with Crippen molar-refractivity contribution >= 4 is 35.1 Å². The zero-order chi connectivity index (χ0) is 33.4. The Morgan fingerprint density at radius 1 is 1.02 bits per heavy atom. The monoisotopic (exact) mass is 622 g/mol. The van der Waals surface area contributed by atoms with Crippen LogP contribution in [0, 0.1) is 34.5 Å². The summed E-state index contributed by atoms with van der Waals surface area (Å²) in [6.07, 6.45) is 1.65. The highest BCUT2D eigenvalue weighted by atomic mass is 16.2. The minimum absolute atomic E-state index is 0.000343. The lowest BCUT2D eigenvalue weighted by Crippen LogP contribution is -2.55. The summed E-state index contributed by atoms with van der Waals surface area (Å²) < 4.78 is 0. The van der Waals surface area contributed by atoms with E-state index in [0.29, 0.717) is 18.5 Å². The first-order valence-corrected chi connectivity index (χ1v) is 16.2. The van der Waals surface area contributed by atoms with Crippen molar-refractivity contribution in [3.8, 4) is 0 Å². The Morgan fingerprint density at radius 2 is 1.64 bits per heavy atom. The van der Waals surface area contributed by atoms with Crippen LogP contribution in [-0.4, -0.2) is 77.6 Å². The molecule has 246 valence electrons. The van der Waals surface area contributed by atoms with Crippen LogP contribution in [0.1, 0.15) is 84.7 Å². The number of rotatable bonds is 14. The molecular weight excluding hydrogens is 572 g/mol. The van der Waals surface area contributed by atoms with Gasteiger partial charge in [0.25, 0.3) is 0 Å². The second kappa shape index (κ2) is 13.1. The fraction of sp³-hybridized carbons (Fsp3) is 0.657. The summed E-state index contributed by atoms with van der Waals surface area (Å²) in [6, 6.07) is 6.48. The van der Waals surface area contributed by atoms with Crippen LogP contribution in [0.3, 0.4) is 0 Å². The smallest absolute Gasteiger partial charge is 0.249 e. The van der Waals surface area contributed by atoms with E-state index in [9.17, 15) is 28.8 Å². The van der Waals surface area contributed by atoms with Crippen LogP contribution in [-0.2, 0) is 28.8 Å². The van der Waals surface area contributed by atoms with E-state index in [4.69, 9.17) is 5.73 Å². The summed E-state index contributed by atoms with van der Waals surface area (Å²) in [6.45, 7) is 10.3. The fourth-order valence-electron chi connectivity index (χ4n) is 6.84. The molecule has 10 heteroatoms. The maximum atomic E-state index is 13.9. The molecule has 0 bridgehead atoms. The van der Waals surface area contributed by atoms with Gasteiger partial charge in [0, 0.05) is 45.8 Å². The zero-order valence-electron chi connectivity index (χ0n) is 27.8. The number of hydrogen-bond donors (Lipinski definition) is 2. The van der Waals surface area contributed by atoms with Gasteiger partial charge in [-0.25, -0.2) is 0 Å². The Hall–Kier alpha value is -3.40. The standard InChI is InChI=1S/C35H50N4O6/c1-34(2,3)31(36)33(45)39-19-23-27(35(23,4)5)29(39)25(41)18-22(17-20-13-14-20)30(43)24(40)15-16-26(42)37-28(32(44)38(6)7)21-11-9-8-10-12-21/h8-12,20,22-23,27-29,31H,13-19,36H2,1-7H3,(H,37,42)/t22?,23?,27-,28-,29?,31?/m0/s1. The van der Waals surface area contributed by atoms with Crippen LogP contribution in [0.4, 0.5) is 0 Å². The van der Waals surface area contributed by atoms with E-state index in [2.05, 4.69) is 19.2 Å². The number of likely N-dealkylation sites (tertiary alicyclic amines) is 1. The summed E-state index contributed by atoms with van der Waals surface area (Å²) >= 11 is 0. The van der Waals surface area contributed by atoms with Gasteiger partial charge in [0.1, 0.15) is 6.04 Å². The van der Waals surface area contributed by atoms with Gasteiger partial charge < -0.3 is 20.9 Å². The number of amides is 3. The Kier molecular flexibility index (Phi) is 10.1. The first kappa shape index (κ1) is 34.5. The molecule has 1 aromatic carbocycles. The number of fused-ring (bicyclic) bond motifs is 1. The van der Waals surface area contributed by atoms with Crippen molar-refractivity contribution in [3.05, 3.63) is 35.9 Å². The largest absolute Gasteiger partial charge is 0.347 e. The molecule has 10 nitrogen and oxygen atoms in total. The van der Waals surface area contributed by atoms with Crippen LogP contribution in [0.25, 0.3) is 0 Å². The van der Waals surface area contributed by atoms with Gasteiger partial charge in [-0.2, -0.15) is 0 Å². The maximum Gasteiger partial charge on any atom is 0.249 e. The van der Waals surface area contributed by atoms with Gasteiger partial charge in [-0.15, -0.1) is 0 Å². The van der Waals surface area contributed by atoms with Gasteiger partial charge in [0.2, 0.25) is 23.5 Å². The van der Waals surface area contributed by atoms with E-state index in [0.717, 1.165) is 12.8 Å². The third-order valence-corrected chi connectivity index (χ3v) is 10.1. The minimum Gasteiger partial charge on any atom is -0.347 e. The minimum atomic E-state index is -0.918. The third-order valence-electron chi connectivity index (χ3n) is 10.1. The molecule has 3 N–H and O–H groups in total. The number of piperidine rings is 1. The van der Waals surface area contributed by atoms with Gasteiger partial charge in [-0.05, 0) is 40.6 Å². The zero-order valence-corrected chi connectivity index (χ0v) is 27.8. The molecule has 6 atom stereocenters. The lowest BCUT2D eigenvalue weighted by molar-refractivity contribution is -0.144. The second-order valence-electron chi connectivity index (χ2n) is 15.2.